The molecule has 0 aliphatic carbocycles. The number of amides is 2. The summed E-state index contributed by atoms with van der Waals surface area (Å²) in [7, 11) is 0. The van der Waals surface area contributed by atoms with Crippen molar-refractivity contribution in [2.24, 2.45) is 5.73 Å². The Bertz CT molecular complexity index is 642. The molecule has 0 atom stereocenters. The Labute approximate surface area is 121 Å². The number of halogens is 1. The van der Waals surface area contributed by atoms with Crippen LogP contribution in [0.2, 0.25) is 5.02 Å². The lowest BCUT2D eigenvalue weighted by Gasteiger charge is -2.07. The fraction of sp³-hybridized carbons (Fsp3) is 0.0667. The van der Waals surface area contributed by atoms with E-state index in [1.807, 2.05) is 30.3 Å². The van der Waals surface area contributed by atoms with Crippen molar-refractivity contribution in [1.29, 1.82) is 0 Å². The number of hydrogen-bond donors (Lipinski definition) is 2. The van der Waals surface area contributed by atoms with Crippen molar-refractivity contribution >= 4 is 29.1 Å². The van der Waals surface area contributed by atoms with Crippen molar-refractivity contribution in [3.63, 3.8) is 0 Å². The fourth-order valence-electron chi connectivity index (χ4n) is 1.78. The van der Waals surface area contributed by atoms with E-state index in [1.165, 1.54) is 12.1 Å². The number of primary amides is 1. The summed E-state index contributed by atoms with van der Waals surface area (Å²) in [6, 6.07) is 14.0. The molecule has 0 radical (unpaired) electrons. The van der Waals surface area contributed by atoms with Crippen LogP contribution >= 0.6 is 11.6 Å². The van der Waals surface area contributed by atoms with Crippen molar-refractivity contribution in [2.45, 2.75) is 6.42 Å². The van der Waals surface area contributed by atoms with Crippen molar-refractivity contribution in [1.82, 2.24) is 0 Å². The van der Waals surface area contributed by atoms with Crippen molar-refractivity contribution in [3.8, 4) is 0 Å². The molecule has 0 heterocycles. The van der Waals surface area contributed by atoms with Crippen molar-refractivity contribution < 1.29 is 9.59 Å². The highest BCUT2D eigenvalue weighted by atomic mass is 35.5. The van der Waals surface area contributed by atoms with Crippen LogP contribution in [0.1, 0.15) is 15.9 Å². The molecule has 5 heteroatoms. The molecule has 0 aromatic heterocycles. The van der Waals surface area contributed by atoms with Gasteiger partial charge in [-0.15, -0.1) is 0 Å². The van der Waals surface area contributed by atoms with Gasteiger partial charge in [0.2, 0.25) is 11.8 Å². The van der Waals surface area contributed by atoms with Crippen LogP contribution in [-0.4, -0.2) is 11.8 Å². The second-order valence-corrected chi connectivity index (χ2v) is 4.68. The van der Waals surface area contributed by atoms with Crippen molar-refractivity contribution in [3.05, 3.63) is 64.7 Å². The molecule has 0 unspecified atom stereocenters. The second-order valence-electron chi connectivity index (χ2n) is 4.27. The molecule has 3 N–H and O–H groups in total. The molecule has 0 aliphatic rings. The Kier molecular flexibility index (Phi) is 4.38. The van der Waals surface area contributed by atoms with E-state index in [0.29, 0.717) is 5.69 Å². The highest BCUT2D eigenvalue weighted by Crippen LogP contribution is 2.20. The first-order valence-electron chi connectivity index (χ1n) is 5.99. The summed E-state index contributed by atoms with van der Waals surface area (Å²) in [6.45, 7) is 0. The van der Waals surface area contributed by atoms with Gasteiger partial charge in [-0.3, -0.25) is 9.59 Å². The number of carbonyl (C=O) groups is 2. The summed E-state index contributed by atoms with van der Waals surface area (Å²) in [5.41, 5.74) is 6.79. The molecule has 0 aliphatic heterocycles. The van der Waals surface area contributed by atoms with Gasteiger partial charge >= 0.3 is 0 Å². The standard InChI is InChI=1S/C15H13ClN2O2/c16-13-7-6-11(9-12(13)15(17)20)18-14(19)8-10-4-2-1-3-5-10/h1-7,9H,8H2,(H2,17,20)(H,18,19). The topological polar surface area (TPSA) is 72.2 Å². The predicted molar refractivity (Wildman–Crippen MR) is 78.7 cm³/mol. The normalized spacial score (nSPS) is 10.1. The average Bonchev–Trinajstić information content (AvgIpc) is 2.41. The molecule has 0 fully saturated rings. The van der Waals surface area contributed by atoms with Crippen LogP contribution in [0.15, 0.2) is 48.5 Å². The Morgan fingerprint density at radius 1 is 1.10 bits per heavy atom. The fourth-order valence-corrected chi connectivity index (χ4v) is 1.99. The maximum absolute atomic E-state index is 11.9. The smallest absolute Gasteiger partial charge is 0.250 e. The molecular weight excluding hydrogens is 276 g/mol. The summed E-state index contributed by atoms with van der Waals surface area (Å²) in [4.78, 5) is 23.1. The van der Waals surface area contributed by atoms with Gasteiger partial charge in [-0.2, -0.15) is 0 Å². The summed E-state index contributed by atoms with van der Waals surface area (Å²) in [5.74, 6) is -0.803. The maximum Gasteiger partial charge on any atom is 0.250 e. The van der Waals surface area contributed by atoms with Crippen LogP contribution in [0, 0.1) is 0 Å². The molecule has 0 spiro atoms. The molecule has 4 nitrogen and oxygen atoms in total. The van der Waals surface area contributed by atoms with Gasteiger partial charge in [-0.05, 0) is 23.8 Å². The molecule has 0 bridgehead atoms. The van der Waals surface area contributed by atoms with E-state index in [2.05, 4.69) is 5.32 Å². The minimum absolute atomic E-state index is 0.172. The number of nitrogens with two attached hydrogens (primary N) is 1. The van der Waals surface area contributed by atoms with E-state index in [1.54, 1.807) is 6.07 Å². The second kappa shape index (κ2) is 6.21. The number of hydrogen-bond acceptors (Lipinski definition) is 2. The Balaban J connectivity index is 2.08. The van der Waals surface area contributed by atoms with Crippen LogP contribution in [-0.2, 0) is 11.2 Å². The lowest BCUT2D eigenvalue weighted by Crippen LogP contribution is -2.16. The zero-order chi connectivity index (χ0) is 14.5. The van der Waals surface area contributed by atoms with Gasteiger partial charge in [0.05, 0.1) is 17.0 Å². The van der Waals surface area contributed by atoms with E-state index in [-0.39, 0.29) is 22.9 Å². The summed E-state index contributed by atoms with van der Waals surface area (Å²) < 4.78 is 0. The number of anilines is 1. The summed E-state index contributed by atoms with van der Waals surface area (Å²) in [6.07, 6.45) is 0.259. The third-order valence-electron chi connectivity index (χ3n) is 2.72. The van der Waals surface area contributed by atoms with E-state index in [9.17, 15) is 9.59 Å². The van der Waals surface area contributed by atoms with Gasteiger partial charge in [-0.1, -0.05) is 41.9 Å². The quantitative estimate of drug-likeness (QED) is 0.908. The number of carbonyl (C=O) groups excluding carboxylic acids is 2. The van der Waals surface area contributed by atoms with Gasteiger partial charge in [0.15, 0.2) is 0 Å². The molecule has 0 saturated heterocycles. The van der Waals surface area contributed by atoms with Gasteiger partial charge in [0, 0.05) is 5.69 Å². The third-order valence-corrected chi connectivity index (χ3v) is 3.05. The minimum Gasteiger partial charge on any atom is -0.366 e. The van der Waals surface area contributed by atoms with Crippen LogP contribution < -0.4 is 11.1 Å². The van der Waals surface area contributed by atoms with Crippen molar-refractivity contribution in [2.75, 3.05) is 5.32 Å². The molecule has 2 aromatic rings. The summed E-state index contributed by atoms with van der Waals surface area (Å²) in [5, 5.41) is 2.97. The van der Waals surface area contributed by atoms with Gasteiger partial charge in [0.1, 0.15) is 0 Å². The SMILES string of the molecule is NC(=O)c1cc(NC(=O)Cc2ccccc2)ccc1Cl. The zero-order valence-corrected chi connectivity index (χ0v) is 11.4. The molecule has 0 saturated carbocycles. The highest BCUT2D eigenvalue weighted by molar-refractivity contribution is 6.33. The number of nitrogens with one attached hydrogen (secondary N) is 1. The molecular formula is C15H13ClN2O2. The first-order valence-corrected chi connectivity index (χ1v) is 6.37. The first-order chi connectivity index (χ1) is 9.56. The summed E-state index contributed by atoms with van der Waals surface area (Å²) >= 11 is 5.84. The van der Waals surface area contributed by atoms with Crippen LogP contribution in [0.25, 0.3) is 0 Å². The highest BCUT2D eigenvalue weighted by Gasteiger charge is 2.09. The molecule has 2 rings (SSSR count). The van der Waals surface area contributed by atoms with Gasteiger partial charge in [-0.25, -0.2) is 0 Å². The number of rotatable bonds is 4. The number of benzene rings is 2. The predicted octanol–water partition coefficient (Wildman–Crippen LogP) is 2.62. The maximum atomic E-state index is 11.9. The van der Waals surface area contributed by atoms with Crippen LogP contribution in [0.4, 0.5) is 5.69 Å². The van der Waals surface area contributed by atoms with Gasteiger partial charge < -0.3 is 11.1 Å². The lowest BCUT2D eigenvalue weighted by molar-refractivity contribution is -0.115. The van der Waals surface area contributed by atoms with Gasteiger partial charge in [0.25, 0.3) is 0 Å². The Morgan fingerprint density at radius 3 is 2.45 bits per heavy atom. The van der Waals surface area contributed by atoms with E-state index >= 15 is 0 Å². The Morgan fingerprint density at radius 2 is 1.80 bits per heavy atom. The van der Waals surface area contributed by atoms with E-state index in [4.69, 9.17) is 17.3 Å². The van der Waals surface area contributed by atoms with Crippen LogP contribution in [0.3, 0.4) is 0 Å². The molecule has 102 valence electrons. The minimum atomic E-state index is -0.630. The molecule has 2 aromatic carbocycles. The first kappa shape index (κ1) is 14.1. The third kappa shape index (κ3) is 3.59. The zero-order valence-electron chi connectivity index (χ0n) is 10.6. The van der Waals surface area contributed by atoms with E-state index < -0.39 is 5.91 Å². The molecule has 20 heavy (non-hydrogen) atoms. The monoisotopic (exact) mass is 288 g/mol. The molecule has 2 amide bonds. The van der Waals surface area contributed by atoms with E-state index in [0.717, 1.165) is 5.56 Å². The largest absolute Gasteiger partial charge is 0.366 e. The Hall–Kier alpha value is -2.33. The lowest BCUT2D eigenvalue weighted by atomic mass is 10.1. The average molecular weight is 289 g/mol. The van der Waals surface area contributed by atoms with Crippen LogP contribution in [0.5, 0.6) is 0 Å².